The molecule has 5 nitrogen and oxygen atoms in total. The summed E-state index contributed by atoms with van der Waals surface area (Å²) >= 11 is 0. The highest BCUT2D eigenvalue weighted by molar-refractivity contribution is 5.88. The lowest BCUT2D eigenvalue weighted by molar-refractivity contribution is -0.121. The minimum atomic E-state index is 0.116. The van der Waals surface area contributed by atoms with Crippen molar-refractivity contribution in [2.75, 3.05) is 20.1 Å². The van der Waals surface area contributed by atoms with E-state index in [0.29, 0.717) is 12.5 Å². The van der Waals surface area contributed by atoms with E-state index < -0.39 is 0 Å². The van der Waals surface area contributed by atoms with Gasteiger partial charge in [0.05, 0.1) is 6.42 Å². The van der Waals surface area contributed by atoms with Gasteiger partial charge in [-0.2, -0.15) is 0 Å². The number of rotatable bonds is 3. The quantitative estimate of drug-likeness (QED) is 0.442. The summed E-state index contributed by atoms with van der Waals surface area (Å²) in [7, 11) is 2.09. The van der Waals surface area contributed by atoms with Crippen LogP contribution in [-0.2, 0) is 16.0 Å². The van der Waals surface area contributed by atoms with Crippen molar-refractivity contribution in [1.29, 1.82) is 0 Å². The summed E-state index contributed by atoms with van der Waals surface area (Å²) in [5.41, 5.74) is 2.16. The van der Waals surface area contributed by atoms with Crippen molar-refractivity contribution in [1.82, 2.24) is 15.2 Å². The summed E-state index contributed by atoms with van der Waals surface area (Å²) in [5, 5.41) is 4.26. The number of aldehydes is 1. The third kappa shape index (κ3) is 16.2. The van der Waals surface area contributed by atoms with Gasteiger partial charge in [-0.3, -0.25) is 4.79 Å². The molecule has 1 aliphatic rings. The van der Waals surface area contributed by atoms with Crippen LogP contribution in [0.15, 0.2) is 30.5 Å². The molecule has 1 amide bonds. The van der Waals surface area contributed by atoms with E-state index in [1.54, 1.807) is 0 Å². The first kappa shape index (κ1) is 36.8. The van der Waals surface area contributed by atoms with E-state index in [1.165, 1.54) is 6.92 Å². The Labute approximate surface area is 198 Å². The zero-order valence-electron chi connectivity index (χ0n) is 22.3. The Bertz CT molecular complexity index is 678. The molecule has 0 spiro atoms. The number of fused-ring (bicyclic) bond motifs is 1. The molecule has 32 heavy (non-hydrogen) atoms. The summed E-state index contributed by atoms with van der Waals surface area (Å²) in [6.45, 7) is 19.5. The topological polar surface area (TPSA) is 65.2 Å². The van der Waals surface area contributed by atoms with Crippen molar-refractivity contribution in [2.45, 2.75) is 81.2 Å². The summed E-state index contributed by atoms with van der Waals surface area (Å²) < 4.78 is 0. The Morgan fingerprint density at radius 1 is 1.09 bits per heavy atom. The first-order valence-corrected chi connectivity index (χ1v) is 11.9. The van der Waals surface area contributed by atoms with Crippen LogP contribution in [0, 0.1) is 12.8 Å². The van der Waals surface area contributed by atoms with Crippen LogP contribution in [0.2, 0.25) is 0 Å². The summed E-state index contributed by atoms with van der Waals surface area (Å²) in [4.78, 5) is 26.3. The van der Waals surface area contributed by atoms with Gasteiger partial charge in [0, 0.05) is 29.7 Å². The van der Waals surface area contributed by atoms with E-state index in [-0.39, 0.29) is 5.91 Å². The molecule has 1 aromatic carbocycles. The van der Waals surface area contributed by atoms with Crippen LogP contribution >= 0.6 is 0 Å². The lowest BCUT2D eigenvalue weighted by Crippen LogP contribution is -2.37. The molecule has 0 unspecified atom stereocenters. The van der Waals surface area contributed by atoms with Crippen LogP contribution in [0.1, 0.15) is 74.3 Å². The molecule has 5 heteroatoms. The molecule has 1 fully saturated rings. The standard InChI is InChI=1S/C15H19N3O.C2H4O.4C2H6.C2H2/c1-18-7-6-12(10-18)17-15(19)8-11-9-16-14-5-3-2-4-13(11)14;1-2-3;5*1-2/h2-5,9,12,16H,6-8,10H2,1H3,(H,17,19);2H,1H3;4*1-2H3;1-2H/t12-;;;;;;/m1....../s1. The number of carbonyl (C=O) groups is 2. The van der Waals surface area contributed by atoms with Crippen LogP contribution in [0.4, 0.5) is 0 Å². The second kappa shape index (κ2) is 28.4. The molecule has 1 aliphatic heterocycles. The van der Waals surface area contributed by atoms with Gasteiger partial charge in [-0.1, -0.05) is 73.6 Å². The predicted octanol–water partition coefficient (Wildman–Crippen LogP) is 6.09. The van der Waals surface area contributed by atoms with Crippen molar-refractivity contribution in [2.24, 2.45) is 0 Å². The normalized spacial score (nSPS) is 13.1. The van der Waals surface area contributed by atoms with Gasteiger partial charge in [-0.05, 0) is 38.6 Å². The second-order valence-corrected chi connectivity index (χ2v) is 5.59. The number of terminal acetylenes is 1. The molecular weight excluding hydrogens is 398 g/mol. The number of amides is 1. The highest BCUT2D eigenvalue weighted by atomic mass is 16.1. The lowest BCUT2D eigenvalue weighted by Gasteiger charge is -2.12. The van der Waals surface area contributed by atoms with Gasteiger partial charge >= 0.3 is 0 Å². The zero-order chi connectivity index (χ0) is 25.9. The molecule has 2 heterocycles. The highest BCUT2D eigenvalue weighted by Gasteiger charge is 2.21. The van der Waals surface area contributed by atoms with Crippen molar-refractivity contribution in [3.63, 3.8) is 0 Å². The average molecular weight is 448 g/mol. The number of likely N-dealkylation sites (N-methyl/N-ethyl adjacent to an activating group) is 1. The number of likely N-dealkylation sites (tertiary alicyclic amines) is 1. The van der Waals surface area contributed by atoms with Crippen molar-refractivity contribution in [3.05, 3.63) is 36.0 Å². The predicted molar refractivity (Wildman–Crippen MR) is 143 cm³/mol. The van der Waals surface area contributed by atoms with Crippen molar-refractivity contribution < 1.29 is 9.59 Å². The first-order valence-electron chi connectivity index (χ1n) is 11.9. The fourth-order valence-electron chi connectivity index (χ4n) is 2.78. The van der Waals surface area contributed by atoms with E-state index in [4.69, 9.17) is 4.79 Å². The number of aromatic nitrogens is 1. The van der Waals surface area contributed by atoms with Gasteiger partial charge in [0.1, 0.15) is 6.29 Å². The third-order valence-electron chi connectivity index (χ3n) is 3.78. The molecule has 3 rings (SSSR count). The van der Waals surface area contributed by atoms with Crippen LogP contribution in [-0.4, -0.2) is 48.3 Å². The molecule has 2 N–H and O–H groups in total. The van der Waals surface area contributed by atoms with E-state index in [9.17, 15) is 4.79 Å². The number of nitrogens with zero attached hydrogens (tertiary/aromatic N) is 1. The minimum absolute atomic E-state index is 0.116. The second-order valence-electron chi connectivity index (χ2n) is 5.59. The molecule has 1 aromatic heterocycles. The first-order chi connectivity index (χ1) is 15.6. The number of H-pyrrole nitrogens is 1. The van der Waals surface area contributed by atoms with Gasteiger partial charge in [-0.15, -0.1) is 12.8 Å². The van der Waals surface area contributed by atoms with Gasteiger partial charge in [0.25, 0.3) is 0 Å². The number of nitrogens with one attached hydrogen (secondary N) is 2. The van der Waals surface area contributed by atoms with Crippen LogP contribution in [0.5, 0.6) is 0 Å². The maximum atomic E-state index is 12.1. The van der Waals surface area contributed by atoms with E-state index >= 15 is 0 Å². The smallest absolute Gasteiger partial charge is 0.224 e. The zero-order valence-corrected chi connectivity index (χ0v) is 22.3. The number of carbonyl (C=O) groups excluding carboxylic acids is 2. The summed E-state index contributed by atoms with van der Waals surface area (Å²) in [6, 6.07) is 8.39. The minimum Gasteiger partial charge on any atom is -0.361 e. The Balaban J connectivity index is -0.000000259. The molecule has 0 radical (unpaired) electrons. The van der Waals surface area contributed by atoms with E-state index in [1.807, 2.05) is 79.8 Å². The molecule has 1 atom stereocenters. The fourth-order valence-corrected chi connectivity index (χ4v) is 2.78. The Morgan fingerprint density at radius 3 is 2.06 bits per heavy atom. The third-order valence-corrected chi connectivity index (χ3v) is 3.78. The maximum absolute atomic E-state index is 12.1. The number of para-hydroxylation sites is 1. The summed E-state index contributed by atoms with van der Waals surface area (Å²) in [5.74, 6) is 0.116. The SMILES string of the molecule is C#C.CC.CC.CC.CC.CC=O.CN1CC[C@@H](NC(=O)Cc2c[nH]c3ccccc23)C1. The number of aromatic amines is 1. The van der Waals surface area contributed by atoms with Crippen molar-refractivity contribution in [3.8, 4) is 12.8 Å². The van der Waals surface area contributed by atoms with Crippen LogP contribution in [0.3, 0.4) is 0 Å². The maximum Gasteiger partial charge on any atom is 0.224 e. The van der Waals surface area contributed by atoms with E-state index in [2.05, 4.69) is 41.2 Å². The monoisotopic (exact) mass is 447 g/mol. The van der Waals surface area contributed by atoms with Gasteiger partial charge in [0.15, 0.2) is 0 Å². The van der Waals surface area contributed by atoms with Crippen molar-refractivity contribution >= 4 is 23.1 Å². The molecule has 0 saturated carbocycles. The Kier molecular flexibility index (Phi) is 32.7. The number of benzene rings is 1. The number of hydrogen-bond donors (Lipinski definition) is 2. The van der Waals surface area contributed by atoms with Crippen LogP contribution in [0.25, 0.3) is 10.9 Å². The molecular formula is C27H49N3O2. The average Bonchev–Trinajstić information content (AvgIpc) is 3.47. The highest BCUT2D eigenvalue weighted by Crippen LogP contribution is 2.18. The van der Waals surface area contributed by atoms with Crippen LogP contribution < -0.4 is 5.32 Å². The molecule has 0 aliphatic carbocycles. The molecule has 1 saturated heterocycles. The Hall–Kier alpha value is -2.58. The lowest BCUT2D eigenvalue weighted by atomic mass is 10.1. The van der Waals surface area contributed by atoms with Gasteiger partial charge < -0.3 is 20.0 Å². The summed E-state index contributed by atoms with van der Waals surface area (Å²) in [6.07, 6.45) is 12.2. The van der Waals surface area contributed by atoms with Gasteiger partial charge in [-0.25, -0.2) is 0 Å². The molecule has 0 bridgehead atoms. The van der Waals surface area contributed by atoms with Gasteiger partial charge in [0.2, 0.25) is 5.91 Å². The fraction of sp³-hybridized carbons (Fsp3) is 0.556. The largest absolute Gasteiger partial charge is 0.361 e. The Morgan fingerprint density at radius 2 is 1.59 bits per heavy atom. The number of hydrogen-bond acceptors (Lipinski definition) is 3. The molecule has 184 valence electrons. The van der Waals surface area contributed by atoms with E-state index in [0.717, 1.165) is 42.3 Å². The molecule has 2 aromatic rings.